The second-order valence-electron chi connectivity index (χ2n) is 17.1. The Morgan fingerprint density at radius 3 is 2.20 bits per heavy atom. The molecule has 2 aliphatic carbocycles. The number of piperazine rings is 1. The summed E-state index contributed by atoms with van der Waals surface area (Å²) in [4.78, 5) is 46.2. The van der Waals surface area contributed by atoms with Crippen molar-refractivity contribution in [3.05, 3.63) is 88.2 Å². The number of piperidine rings is 2. The minimum absolute atomic E-state index is 0.0370. The van der Waals surface area contributed by atoms with Gasteiger partial charge in [-0.25, -0.2) is 4.39 Å². The molecule has 10 heteroatoms. The minimum Gasteiger partial charge on any atom is -0.508 e. The van der Waals surface area contributed by atoms with Crippen molar-refractivity contribution in [1.82, 2.24) is 15.1 Å². The van der Waals surface area contributed by atoms with Crippen molar-refractivity contribution in [2.75, 3.05) is 55.6 Å². The van der Waals surface area contributed by atoms with Gasteiger partial charge in [0.05, 0.1) is 0 Å². The van der Waals surface area contributed by atoms with E-state index < -0.39 is 6.04 Å². The first-order chi connectivity index (χ1) is 26.8. The topological polar surface area (TPSA) is 96.4 Å². The predicted molar refractivity (Wildman–Crippen MR) is 211 cm³/mol. The summed E-state index contributed by atoms with van der Waals surface area (Å²) in [6, 6.07) is 17.2. The Bertz CT molecular complexity index is 1950. The molecule has 290 valence electrons. The van der Waals surface area contributed by atoms with Crippen molar-refractivity contribution in [2.24, 2.45) is 17.8 Å². The highest BCUT2D eigenvalue weighted by Gasteiger charge is 2.40. The van der Waals surface area contributed by atoms with Crippen LogP contribution in [0.25, 0.3) is 0 Å². The van der Waals surface area contributed by atoms with Crippen molar-refractivity contribution < 1.29 is 23.9 Å². The fourth-order valence-electron chi connectivity index (χ4n) is 10.9. The summed E-state index contributed by atoms with van der Waals surface area (Å²) in [5.41, 5.74) is 6.89. The van der Waals surface area contributed by atoms with Gasteiger partial charge in [-0.3, -0.25) is 24.6 Å². The highest BCUT2D eigenvalue weighted by Crippen LogP contribution is 2.49. The Balaban J connectivity index is 0.787. The van der Waals surface area contributed by atoms with Crippen LogP contribution in [-0.2, 0) is 22.6 Å². The van der Waals surface area contributed by atoms with Gasteiger partial charge >= 0.3 is 0 Å². The zero-order chi connectivity index (χ0) is 37.6. The predicted octanol–water partition coefficient (Wildman–Crippen LogP) is 6.61. The summed E-state index contributed by atoms with van der Waals surface area (Å²) >= 11 is 0. The van der Waals surface area contributed by atoms with E-state index in [9.17, 15) is 19.5 Å². The number of benzene rings is 3. The molecule has 0 radical (unpaired) electrons. The number of carbonyl (C=O) groups is 3. The molecule has 1 saturated carbocycles. The van der Waals surface area contributed by atoms with Gasteiger partial charge in [0, 0.05) is 81.6 Å². The number of aryl methyl sites for hydroxylation is 1. The van der Waals surface area contributed by atoms with Crippen molar-refractivity contribution in [2.45, 2.75) is 89.1 Å². The van der Waals surface area contributed by atoms with Gasteiger partial charge in [0.25, 0.3) is 5.91 Å². The number of fused-ring (bicyclic) bond motifs is 2. The monoisotopic (exact) mass is 747 g/mol. The van der Waals surface area contributed by atoms with Gasteiger partial charge < -0.3 is 19.8 Å². The Morgan fingerprint density at radius 1 is 0.709 bits per heavy atom. The number of amides is 3. The highest BCUT2D eigenvalue weighted by molar-refractivity contribution is 6.05. The number of aromatic hydroxyl groups is 1. The van der Waals surface area contributed by atoms with Gasteiger partial charge in [-0.15, -0.1) is 0 Å². The summed E-state index contributed by atoms with van der Waals surface area (Å²) < 4.78 is 16.3. The maximum atomic E-state index is 16.3. The van der Waals surface area contributed by atoms with Crippen LogP contribution in [0.3, 0.4) is 0 Å². The lowest BCUT2D eigenvalue weighted by molar-refractivity contribution is -0.136. The zero-order valence-corrected chi connectivity index (χ0v) is 31.9. The average Bonchev–Trinajstić information content (AvgIpc) is 3.53. The van der Waals surface area contributed by atoms with Crippen molar-refractivity contribution in [3.63, 3.8) is 0 Å². The standard InChI is InChI=1S/C45H54FN5O4/c46-40-26-34(8-12-39(40)43-36(30-4-2-1-3-5-30)10-6-31-25-35(52)9-13-37(31)43)49-18-16-29(17-19-49)27-48-20-22-50(23-21-48)33-7-11-38-32(24-33)28-51(45(38)55)41-14-15-42(53)47-44(41)54/h7-9,11-13,24-26,29-30,36,41,43,52H,1-6,10,14-23,27-28H2,(H,47,53,54)/t36-,41+,43+/m1/s1. The number of anilines is 2. The molecule has 0 aromatic heterocycles. The molecule has 4 heterocycles. The Morgan fingerprint density at radius 2 is 1.44 bits per heavy atom. The summed E-state index contributed by atoms with van der Waals surface area (Å²) in [6.07, 6.45) is 11.2. The highest BCUT2D eigenvalue weighted by atomic mass is 19.1. The molecular formula is C45H54FN5O4. The number of nitrogens with one attached hydrogen (secondary N) is 1. The van der Waals surface area contributed by atoms with E-state index >= 15 is 4.39 Å². The zero-order valence-electron chi connectivity index (χ0n) is 31.9. The largest absolute Gasteiger partial charge is 0.508 e. The smallest absolute Gasteiger partial charge is 0.255 e. The number of phenols is 1. The van der Waals surface area contributed by atoms with E-state index in [1.165, 1.54) is 43.2 Å². The molecule has 0 bridgehead atoms. The van der Waals surface area contributed by atoms with E-state index in [1.54, 1.807) is 17.0 Å². The van der Waals surface area contributed by atoms with Crippen LogP contribution in [0.2, 0.25) is 0 Å². The van der Waals surface area contributed by atoms with Crippen molar-refractivity contribution in [3.8, 4) is 5.75 Å². The molecule has 0 unspecified atom stereocenters. The first kappa shape index (κ1) is 36.2. The van der Waals surface area contributed by atoms with Crippen LogP contribution in [0.5, 0.6) is 5.75 Å². The van der Waals surface area contributed by atoms with E-state index in [2.05, 4.69) is 44.3 Å². The van der Waals surface area contributed by atoms with E-state index in [0.29, 0.717) is 42.0 Å². The molecule has 9 nitrogen and oxygen atoms in total. The average molecular weight is 748 g/mol. The number of carbonyl (C=O) groups excluding carboxylic acids is 3. The van der Waals surface area contributed by atoms with E-state index in [-0.39, 0.29) is 35.9 Å². The van der Waals surface area contributed by atoms with Gasteiger partial charge in [0.1, 0.15) is 17.6 Å². The fourth-order valence-corrected chi connectivity index (χ4v) is 10.9. The SMILES string of the molecule is O=C1CC[C@H](N2Cc3cc(N4CCN(CC5CCN(c6ccc([C@@H]7c8ccc(O)cc8CC[C@@H]7C7CCCCC7)c(F)c6)CC5)CC4)ccc3C2=O)C(=O)N1. The fraction of sp³-hybridized carbons (Fsp3) is 0.533. The minimum atomic E-state index is -0.598. The molecule has 6 aliphatic rings. The van der Waals surface area contributed by atoms with E-state index in [1.807, 2.05) is 18.2 Å². The van der Waals surface area contributed by atoms with Gasteiger partial charge in [-0.2, -0.15) is 0 Å². The first-order valence-electron chi connectivity index (χ1n) is 20.9. The van der Waals surface area contributed by atoms with Crippen LogP contribution in [0.4, 0.5) is 15.8 Å². The van der Waals surface area contributed by atoms with Crippen molar-refractivity contribution >= 4 is 29.1 Å². The number of halogens is 1. The number of hydrogen-bond acceptors (Lipinski definition) is 7. The van der Waals surface area contributed by atoms with Gasteiger partial charge in [-0.05, 0) is 115 Å². The van der Waals surface area contributed by atoms with Crippen LogP contribution in [0.1, 0.15) is 103 Å². The Labute approximate surface area is 323 Å². The molecule has 0 spiro atoms. The van der Waals surface area contributed by atoms with E-state index in [0.717, 1.165) is 94.0 Å². The Hall–Kier alpha value is -4.44. The molecule has 9 rings (SSSR count). The van der Waals surface area contributed by atoms with Gasteiger partial charge in [0.2, 0.25) is 11.8 Å². The number of imide groups is 1. The second kappa shape index (κ2) is 15.2. The number of nitrogens with zero attached hydrogens (tertiary/aromatic N) is 4. The first-order valence-corrected chi connectivity index (χ1v) is 20.9. The maximum absolute atomic E-state index is 16.3. The van der Waals surface area contributed by atoms with Gasteiger partial charge in [0.15, 0.2) is 0 Å². The van der Waals surface area contributed by atoms with E-state index in [4.69, 9.17) is 0 Å². The maximum Gasteiger partial charge on any atom is 0.255 e. The number of rotatable bonds is 7. The van der Waals surface area contributed by atoms with Crippen LogP contribution < -0.4 is 15.1 Å². The van der Waals surface area contributed by atoms with Crippen molar-refractivity contribution in [1.29, 1.82) is 0 Å². The molecule has 3 amide bonds. The summed E-state index contributed by atoms with van der Waals surface area (Å²) in [5, 5.41) is 12.6. The third kappa shape index (κ3) is 7.23. The molecule has 4 fully saturated rings. The molecule has 3 aromatic carbocycles. The van der Waals surface area contributed by atoms with Crippen LogP contribution in [-0.4, -0.2) is 84.5 Å². The lowest BCUT2D eigenvalue weighted by atomic mass is 9.64. The third-order valence-electron chi connectivity index (χ3n) is 14.0. The summed E-state index contributed by atoms with van der Waals surface area (Å²) in [6.45, 7) is 7.14. The molecule has 4 aliphatic heterocycles. The molecule has 3 atom stereocenters. The molecular weight excluding hydrogens is 694 g/mol. The molecule has 3 saturated heterocycles. The molecule has 3 aromatic rings. The van der Waals surface area contributed by atoms with Crippen LogP contribution in [0, 0.1) is 23.6 Å². The number of hydrogen-bond donors (Lipinski definition) is 2. The summed E-state index contributed by atoms with van der Waals surface area (Å²) in [7, 11) is 0. The number of phenolic OH excluding ortho intramolecular Hbond substituents is 1. The third-order valence-corrected chi connectivity index (χ3v) is 14.0. The molecule has 55 heavy (non-hydrogen) atoms. The van der Waals surface area contributed by atoms with Crippen LogP contribution in [0.15, 0.2) is 54.6 Å². The quantitative estimate of drug-likeness (QED) is 0.263. The second-order valence-corrected chi connectivity index (χ2v) is 17.1. The normalized spacial score (nSPS) is 25.6. The van der Waals surface area contributed by atoms with Crippen LogP contribution >= 0.6 is 0 Å². The lowest BCUT2D eigenvalue weighted by Crippen LogP contribution is -2.52. The van der Waals surface area contributed by atoms with Gasteiger partial charge in [-0.1, -0.05) is 44.2 Å². The lowest BCUT2D eigenvalue weighted by Gasteiger charge is -2.41. The molecule has 2 N–H and O–H groups in total. The Kier molecular flexibility index (Phi) is 10.0. The summed E-state index contributed by atoms with van der Waals surface area (Å²) in [5.74, 6) is 1.14.